The Morgan fingerprint density at radius 3 is 2.35 bits per heavy atom. The Morgan fingerprint density at radius 1 is 1.04 bits per heavy atom. The summed E-state index contributed by atoms with van der Waals surface area (Å²) in [6.45, 7) is 3.62. The number of esters is 1. The van der Waals surface area contributed by atoms with Gasteiger partial charge in [-0.25, -0.2) is 4.79 Å². The predicted molar refractivity (Wildman–Crippen MR) is 87.7 cm³/mol. The third kappa shape index (κ3) is 4.32. The summed E-state index contributed by atoms with van der Waals surface area (Å²) in [5.74, 6) is -0.241. The van der Waals surface area contributed by atoms with Gasteiger partial charge in [-0.1, -0.05) is 29.8 Å². The standard InChI is InChI=1S/C18H19NO4/c1-12-8-10-14(11-9-12)23-13(2)17(20)19-16-7-5-4-6-15(16)18(21)22-3/h4-11,13H,1-3H3,(H,19,20). The van der Waals surface area contributed by atoms with E-state index in [1.54, 1.807) is 31.2 Å². The molecule has 2 aromatic rings. The number of carbonyl (C=O) groups is 2. The molecule has 0 spiro atoms. The van der Waals surface area contributed by atoms with Crippen molar-refractivity contribution < 1.29 is 19.1 Å². The fraction of sp³-hybridized carbons (Fsp3) is 0.222. The molecule has 2 rings (SSSR count). The molecular formula is C18H19NO4. The van der Waals surface area contributed by atoms with Crippen molar-refractivity contribution in [1.29, 1.82) is 0 Å². The lowest BCUT2D eigenvalue weighted by Crippen LogP contribution is -2.30. The van der Waals surface area contributed by atoms with E-state index in [1.165, 1.54) is 7.11 Å². The molecule has 0 aliphatic rings. The SMILES string of the molecule is COC(=O)c1ccccc1NC(=O)C(C)Oc1ccc(C)cc1. The van der Waals surface area contributed by atoms with E-state index in [-0.39, 0.29) is 5.91 Å². The highest BCUT2D eigenvalue weighted by Crippen LogP contribution is 2.18. The molecule has 5 nitrogen and oxygen atoms in total. The summed E-state index contributed by atoms with van der Waals surface area (Å²) in [4.78, 5) is 24.0. The van der Waals surface area contributed by atoms with E-state index in [9.17, 15) is 9.59 Å². The van der Waals surface area contributed by atoms with Gasteiger partial charge in [-0.3, -0.25) is 4.79 Å². The van der Waals surface area contributed by atoms with E-state index in [1.807, 2.05) is 31.2 Å². The smallest absolute Gasteiger partial charge is 0.339 e. The molecule has 0 aliphatic carbocycles. The van der Waals surface area contributed by atoms with Gasteiger partial charge >= 0.3 is 5.97 Å². The first-order valence-corrected chi connectivity index (χ1v) is 7.23. The third-order valence-corrected chi connectivity index (χ3v) is 3.29. The van der Waals surface area contributed by atoms with E-state index in [2.05, 4.69) is 5.32 Å². The number of hydrogen-bond donors (Lipinski definition) is 1. The Morgan fingerprint density at radius 2 is 1.70 bits per heavy atom. The Balaban J connectivity index is 2.06. The summed E-state index contributed by atoms with van der Waals surface area (Å²) < 4.78 is 10.3. The molecule has 0 aromatic heterocycles. The number of benzene rings is 2. The minimum Gasteiger partial charge on any atom is -0.481 e. The number of amides is 1. The molecule has 120 valence electrons. The van der Waals surface area contributed by atoms with Crippen LogP contribution in [0.15, 0.2) is 48.5 Å². The van der Waals surface area contributed by atoms with Gasteiger partial charge in [-0.15, -0.1) is 0 Å². The van der Waals surface area contributed by atoms with Crippen molar-refractivity contribution in [3.63, 3.8) is 0 Å². The first kappa shape index (κ1) is 16.5. The van der Waals surface area contributed by atoms with Crippen LogP contribution >= 0.6 is 0 Å². The molecule has 5 heteroatoms. The number of para-hydroxylation sites is 1. The summed E-state index contributed by atoms with van der Waals surface area (Å²) in [7, 11) is 1.30. The zero-order valence-electron chi connectivity index (χ0n) is 13.3. The monoisotopic (exact) mass is 313 g/mol. The zero-order chi connectivity index (χ0) is 16.8. The van der Waals surface area contributed by atoms with Crippen molar-refractivity contribution in [2.24, 2.45) is 0 Å². The van der Waals surface area contributed by atoms with Crippen LogP contribution in [0.2, 0.25) is 0 Å². The van der Waals surface area contributed by atoms with Gasteiger partial charge in [-0.2, -0.15) is 0 Å². The van der Waals surface area contributed by atoms with Crippen molar-refractivity contribution in [2.75, 3.05) is 12.4 Å². The molecule has 0 bridgehead atoms. The maximum absolute atomic E-state index is 12.3. The van der Waals surface area contributed by atoms with Crippen LogP contribution < -0.4 is 10.1 Å². The van der Waals surface area contributed by atoms with Crippen LogP contribution in [0.1, 0.15) is 22.8 Å². The molecule has 1 unspecified atom stereocenters. The minimum absolute atomic E-state index is 0.297. The molecule has 0 saturated heterocycles. The molecule has 1 amide bonds. The van der Waals surface area contributed by atoms with Crippen molar-refractivity contribution in [2.45, 2.75) is 20.0 Å². The van der Waals surface area contributed by atoms with Crippen LogP contribution in [0.25, 0.3) is 0 Å². The minimum atomic E-state index is -0.705. The molecule has 23 heavy (non-hydrogen) atoms. The lowest BCUT2D eigenvalue weighted by Gasteiger charge is -2.16. The lowest BCUT2D eigenvalue weighted by atomic mass is 10.1. The number of carbonyl (C=O) groups excluding carboxylic acids is 2. The Kier molecular flexibility index (Phi) is 5.36. The van der Waals surface area contributed by atoms with Gasteiger partial charge in [0.05, 0.1) is 18.4 Å². The topological polar surface area (TPSA) is 64.6 Å². The average molecular weight is 313 g/mol. The van der Waals surface area contributed by atoms with Gasteiger partial charge in [0.2, 0.25) is 0 Å². The van der Waals surface area contributed by atoms with Crippen molar-refractivity contribution >= 4 is 17.6 Å². The van der Waals surface area contributed by atoms with Crippen molar-refractivity contribution in [3.8, 4) is 5.75 Å². The van der Waals surface area contributed by atoms with Crippen LogP contribution in [0.3, 0.4) is 0 Å². The Hall–Kier alpha value is -2.82. The van der Waals surface area contributed by atoms with Gasteiger partial charge < -0.3 is 14.8 Å². The second-order valence-corrected chi connectivity index (χ2v) is 5.10. The molecule has 0 radical (unpaired) electrons. The van der Waals surface area contributed by atoms with Crippen LogP contribution in [-0.4, -0.2) is 25.1 Å². The molecule has 0 saturated carbocycles. The summed E-state index contributed by atoms with van der Waals surface area (Å²) in [5.41, 5.74) is 1.80. The third-order valence-electron chi connectivity index (χ3n) is 3.29. The van der Waals surface area contributed by atoms with Crippen molar-refractivity contribution in [3.05, 3.63) is 59.7 Å². The maximum atomic E-state index is 12.3. The first-order valence-electron chi connectivity index (χ1n) is 7.23. The van der Waals surface area contributed by atoms with Gasteiger partial charge in [0.25, 0.3) is 5.91 Å². The largest absolute Gasteiger partial charge is 0.481 e. The molecule has 1 atom stereocenters. The van der Waals surface area contributed by atoms with Crippen LogP contribution in [0, 0.1) is 6.92 Å². The number of hydrogen-bond acceptors (Lipinski definition) is 4. The highest BCUT2D eigenvalue weighted by Gasteiger charge is 2.18. The average Bonchev–Trinajstić information content (AvgIpc) is 2.56. The van der Waals surface area contributed by atoms with Gasteiger partial charge in [0.15, 0.2) is 6.10 Å². The van der Waals surface area contributed by atoms with E-state index < -0.39 is 12.1 Å². The van der Waals surface area contributed by atoms with Crippen LogP contribution in [0.4, 0.5) is 5.69 Å². The first-order chi connectivity index (χ1) is 11.0. The maximum Gasteiger partial charge on any atom is 0.339 e. The van der Waals surface area contributed by atoms with Gasteiger partial charge in [0.1, 0.15) is 5.75 Å². The quantitative estimate of drug-likeness (QED) is 0.861. The summed E-state index contributed by atoms with van der Waals surface area (Å²) >= 11 is 0. The second kappa shape index (κ2) is 7.45. The highest BCUT2D eigenvalue weighted by molar-refractivity contribution is 6.02. The predicted octanol–water partition coefficient (Wildman–Crippen LogP) is 3.19. The van der Waals surface area contributed by atoms with Crippen molar-refractivity contribution in [1.82, 2.24) is 0 Å². The molecular weight excluding hydrogens is 294 g/mol. The number of nitrogens with one attached hydrogen (secondary N) is 1. The fourth-order valence-corrected chi connectivity index (χ4v) is 1.99. The molecule has 0 aliphatic heterocycles. The zero-order valence-corrected chi connectivity index (χ0v) is 13.3. The number of methoxy groups -OCH3 is 1. The van der Waals surface area contributed by atoms with E-state index in [0.29, 0.717) is 17.0 Å². The highest BCUT2D eigenvalue weighted by atomic mass is 16.5. The fourth-order valence-electron chi connectivity index (χ4n) is 1.99. The van der Waals surface area contributed by atoms with Gasteiger partial charge in [0, 0.05) is 0 Å². The second-order valence-electron chi connectivity index (χ2n) is 5.10. The van der Waals surface area contributed by atoms with Crippen LogP contribution in [-0.2, 0) is 9.53 Å². The van der Waals surface area contributed by atoms with Gasteiger partial charge in [-0.05, 0) is 38.1 Å². The molecule has 0 heterocycles. The summed E-state index contributed by atoms with van der Waals surface area (Å²) in [6.07, 6.45) is -0.705. The van der Waals surface area contributed by atoms with E-state index in [0.717, 1.165) is 5.56 Å². The summed E-state index contributed by atoms with van der Waals surface area (Å²) in [6, 6.07) is 14.1. The molecule has 0 fully saturated rings. The Labute approximate surface area is 135 Å². The number of aryl methyl sites for hydroxylation is 1. The summed E-state index contributed by atoms with van der Waals surface area (Å²) in [5, 5.41) is 2.69. The van der Waals surface area contributed by atoms with E-state index in [4.69, 9.17) is 9.47 Å². The lowest BCUT2D eigenvalue weighted by molar-refractivity contribution is -0.122. The Bertz CT molecular complexity index is 694. The normalized spacial score (nSPS) is 11.4. The van der Waals surface area contributed by atoms with E-state index >= 15 is 0 Å². The molecule has 2 aromatic carbocycles. The van der Waals surface area contributed by atoms with Crippen LogP contribution in [0.5, 0.6) is 5.75 Å². The number of ether oxygens (including phenoxy) is 2. The number of rotatable bonds is 5. The molecule has 1 N–H and O–H groups in total. The number of anilines is 1.